The Morgan fingerprint density at radius 3 is 0.889 bits per heavy atom. The van der Waals surface area contributed by atoms with Crippen molar-refractivity contribution in [2.45, 2.75) is 0 Å². The Balaban J connectivity index is 0.642. The highest BCUT2D eigenvalue weighted by Crippen LogP contribution is 2.51. The molecule has 0 aliphatic carbocycles. The lowest BCUT2D eigenvalue weighted by Crippen LogP contribution is -2.14. The summed E-state index contributed by atoms with van der Waals surface area (Å²) in [5, 5.41) is 9.70. The van der Waals surface area contributed by atoms with Crippen molar-refractivity contribution in [1.29, 1.82) is 0 Å². The van der Waals surface area contributed by atoms with Crippen molar-refractivity contribution in [2.24, 2.45) is 0 Å². The number of rotatable bonds is 18. The Morgan fingerprint density at radius 1 is 0.143 bits per heavy atom. The van der Waals surface area contributed by atoms with Gasteiger partial charge in [-0.1, -0.05) is 400 Å². The lowest BCUT2D eigenvalue weighted by molar-refractivity contribution is 1.15. The summed E-state index contributed by atoms with van der Waals surface area (Å²) in [7, 11) is 0. The van der Waals surface area contributed by atoms with Gasteiger partial charge in [0.05, 0.1) is 44.8 Å². The van der Waals surface area contributed by atoms with E-state index in [0.29, 0.717) is 0 Å². The zero-order valence-electron chi connectivity index (χ0n) is 69.1. The topological polar surface area (TPSA) is 16.3 Å². The minimum Gasteiger partial charge on any atom is -0.310 e. The number of hydrogen-bond acceptors (Lipinski definition) is 2. The zero-order valence-corrected chi connectivity index (χ0v) is 69.1. The number of benzene rings is 21. The molecule has 4 nitrogen and oxygen atoms in total. The molecule has 0 saturated carbocycles. The Bertz CT molecular complexity index is 7910. The molecule has 4 heteroatoms. The van der Waals surface area contributed by atoms with E-state index in [2.05, 4.69) is 516 Å². The maximum absolute atomic E-state index is 2.52. The van der Waals surface area contributed by atoms with Crippen LogP contribution in [0, 0.1) is 0 Å². The third-order valence-corrected chi connectivity index (χ3v) is 25.4. The van der Waals surface area contributed by atoms with E-state index in [1.165, 1.54) is 76.4 Å². The van der Waals surface area contributed by atoms with E-state index < -0.39 is 0 Å². The van der Waals surface area contributed by atoms with Crippen molar-refractivity contribution in [3.63, 3.8) is 0 Å². The van der Waals surface area contributed by atoms with Crippen LogP contribution in [0.2, 0.25) is 0 Å². The van der Waals surface area contributed by atoms with Crippen LogP contribution in [0.25, 0.3) is 188 Å². The fraction of sp³-hybridized carbons (Fsp3) is 0. The van der Waals surface area contributed by atoms with Gasteiger partial charge >= 0.3 is 0 Å². The number of nitrogens with zero attached hydrogens (tertiary/aromatic N) is 4. The molecule has 126 heavy (non-hydrogen) atoms. The Labute approximate surface area is 733 Å². The number of fused-ring (bicyclic) bond motifs is 8. The molecule has 0 amide bonds. The van der Waals surface area contributed by atoms with Crippen LogP contribution in [-0.4, -0.2) is 9.13 Å². The van der Waals surface area contributed by atoms with Crippen molar-refractivity contribution in [3.05, 3.63) is 497 Å². The van der Waals surface area contributed by atoms with Crippen LogP contribution in [-0.2, 0) is 0 Å². The van der Waals surface area contributed by atoms with E-state index in [0.717, 1.165) is 146 Å². The van der Waals surface area contributed by atoms with E-state index in [9.17, 15) is 0 Å². The van der Waals surface area contributed by atoms with Crippen LogP contribution in [0.1, 0.15) is 0 Å². The van der Waals surface area contributed by atoms with Crippen molar-refractivity contribution < 1.29 is 0 Å². The molecule has 2 aromatic heterocycles. The molecular formula is C122H82N4. The molecule has 0 bridgehead atoms. The predicted molar refractivity (Wildman–Crippen MR) is 534 cm³/mol. The largest absolute Gasteiger partial charge is 0.310 e. The summed E-state index contributed by atoms with van der Waals surface area (Å²) in [5.74, 6) is 0. The van der Waals surface area contributed by atoms with Gasteiger partial charge in [0, 0.05) is 55.4 Å². The van der Waals surface area contributed by atoms with Gasteiger partial charge in [0.2, 0.25) is 0 Å². The minimum atomic E-state index is 1.02. The molecule has 23 aromatic rings. The van der Waals surface area contributed by atoms with Gasteiger partial charge in [-0.2, -0.15) is 0 Å². The highest BCUT2D eigenvalue weighted by Gasteiger charge is 2.28. The van der Waals surface area contributed by atoms with E-state index in [4.69, 9.17) is 0 Å². The molecule has 2 heterocycles. The van der Waals surface area contributed by atoms with Crippen LogP contribution in [0.5, 0.6) is 0 Å². The number of para-hydroxylation sites is 4. The first-order chi connectivity index (χ1) is 62.5. The monoisotopic (exact) mass is 1600 g/mol. The summed E-state index contributed by atoms with van der Waals surface area (Å²) in [6.07, 6.45) is 0. The first kappa shape index (κ1) is 74.4. The fourth-order valence-corrected chi connectivity index (χ4v) is 19.3. The van der Waals surface area contributed by atoms with E-state index in [-0.39, 0.29) is 0 Å². The second kappa shape index (κ2) is 32.1. The summed E-state index contributed by atoms with van der Waals surface area (Å²) < 4.78 is 4.91. The second-order valence-electron chi connectivity index (χ2n) is 32.6. The third kappa shape index (κ3) is 13.5. The summed E-state index contributed by atoms with van der Waals surface area (Å²) in [5.41, 5.74) is 35.8. The summed E-state index contributed by atoms with van der Waals surface area (Å²) in [6, 6.07) is 183. The van der Waals surface area contributed by atoms with Gasteiger partial charge in [0.1, 0.15) is 0 Å². The Hall–Kier alpha value is -16.7. The van der Waals surface area contributed by atoms with Crippen LogP contribution in [0.3, 0.4) is 0 Å². The first-order valence-electron chi connectivity index (χ1n) is 43.3. The van der Waals surface area contributed by atoms with Crippen LogP contribution < -0.4 is 9.80 Å². The molecule has 0 saturated heterocycles. The maximum atomic E-state index is 2.52. The SMILES string of the molecule is c1ccc(-c2ccc(-c3ccc(N(c4cc(-c5cccc6ccccc56)ccc4-c4ccccc4)c4ccc(-c5ccccc5-c5ccc(-c6ccc(N(c7ccc(-c8cccc(-n9c%10ccccc%10c%10ccccc%109)c8)cc7)c7cc(-c8cccc9ccccc89)ccc7-c7ccccc7)cc6)cc5)cc4-n4c5ccccc5c5ccccc54)cc3)cc2)cc1. The van der Waals surface area contributed by atoms with Gasteiger partial charge in [0.15, 0.2) is 0 Å². The van der Waals surface area contributed by atoms with Crippen LogP contribution in [0.4, 0.5) is 34.1 Å². The summed E-state index contributed by atoms with van der Waals surface area (Å²) in [4.78, 5) is 4.97. The highest BCUT2D eigenvalue weighted by molar-refractivity contribution is 6.12. The smallest absolute Gasteiger partial charge is 0.0709 e. The molecule has 0 spiro atoms. The van der Waals surface area contributed by atoms with E-state index >= 15 is 0 Å². The van der Waals surface area contributed by atoms with E-state index in [1.807, 2.05) is 0 Å². The Kier molecular flexibility index (Phi) is 18.9. The van der Waals surface area contributed by atoms with Crippen molar-refractivity contribution >= 4 is 99.3 Å². The quantitative estimate of drug-likeness (QED) is 0.0851. The average molecular weight is 1600 g/mol. The van der Waals surface area contributed by atoms with Gasteiger partial charge in [-0.15, -0.1) is 0 Å². The molecular weight excluding hydrogens is 1520 g/mol. The molecule has 21 aromatic carbocycles. The van der Waals surface area contributed by atoms with Crippen molar-refractivity contribution in [3.8, 4) is 123 Å². The molecule has 0 atom stereocenters. The number of anilines is 6. The van der Waals surface area contributed by atoms with E-state index in [1.54, 1.807) is 0 Å². The summed E-state index contributed by atoms with van der Waals surface area (Å²) in [6.45, 7) is 0. The van der Waals surface area contributed by atoms with Crippen LogP contribution in [0.15, 0.2) is 497 Å². The Morgan fingerprint density at radius 2 is 0.429 bits per heavy atom. The molecule has 0 N–H and O–H groups in total. The van der Waals surface area contributed by atoms with Crippen molar-refractivity contribution in [2.75, 3.05) is 9.80 Å². The molecule has 23 rings (SSSR count). The number of aromatic nitrogens is 2. The third-order valence-electron chi connectivity index (χ3n) is 25.4. The molecule has 590 valence electrons. The minimum absolute atomic E-state index is 1.02. The molecule has 0 fully saturated rings. The zero-order chi connectivity index (χ0) is 83.4. The lowest BCUT2D eigenvalue weighted by atomic mass is 9.92. The van der Waals surface area contributed by atoms with Gasteiger partial charge in [-0.25, -0.2) is 0 Å². The van der Waals surface area contributed by atoms with Gasteiger partial charge in [0.25, 0.3) is 0 Å². The van der Waals surface area contributed by atoms with Crippen LogP contribution >= 0.6 is 0 Å². The molecule has 0 aliphatic rings. The normalized spacial score (nSPS) is 11.5. The molecule has 0 unspecified atom stereocenters. The second-order valence-corrected chi connectivity index (χ2v) is 32.6. The fourth-order valence-electron chi connectivity index (χ4n) is 19.3. The maximum Gasteiger partial charge on any atom is 0.0709 e. The van der Waals surface area contributed by atoms with Gasteiger partial charge in [-0.05, 0) is 219 Å². The first-order valence-corrected chi connectivity index (χ1v) is 43.3. The highest BCUT2D eigenvalue weighted by atomic mass is 15.2. The van der Waals surface area contributed by atoms with Gasteiger partial charge < -0.3 is 18.9 Å². The summed E-state index contributed by atoms with van der Waals surface area (Å²) >= 11 is 0. The van der Waals surface area contributed by atoms with Crippen molar-refractivity contribution in [1.82, 2.24) is 9.13 Å². The number of hydrogen-bond donors (Lipinski definition) is 0. The molecule has 0 radical (unpaired) electrons. The average Bonchev–Trinajstić information content (AvgIpc) is 1.49. The van der Waals surface area contributed by atoms with Gasteiger partial charge in [-0.3, -0.25) is 0 Å². The lowest BCUT2D eigenvalue weighted by Gasteiger charge is -2.31. The standard InChI is InChI=1S/C122H82N4/c1-4-27-83(28-5-1)84-53-55-85(56-54-84)88-63-74-101(75-64-88)124(121-81-97(68-77-110(121)93-31-8-3-9-32-93)108-48-26-36-91-34-11-13-40-104(91)108)119-78-69-98(82-122(119)126-117-51-22-18-45-113(117)114-46-19-23-52-118(114)126)106-42-15-14-41-105(106)94-59-57-86(58-60-94)87-61-70-99(71-62-87)123(120-80-96(67-76-109(120)92-29-6-2-7-30-92)107-47-25-35-90-33-10-12-39-103(90)107)100-72-65-89(66-73-100)95-37-24-38-102(79-95)125-115-49-20-16-43-111(115)112-44-17-21-50-116(112)125/h1-82H. The molecule has 0 aliphatic heterocycles. The predicted octanol–water partition coefficient (Wildman–Crippen LogP) is 33.8.